The fraction of sp³-hybridized carbons (Fsp3) is 0.100. The second kappa shape index (κ2) is 9.31. The maximum absolute atomic E-state index is 14.0. The number of imide groups is 2. The molecular weight excluding hydrogens is 572 g/mol. The predicted molar refractivity (Wildman–Crippen MR) is 178 cm³/mol. The van der Waals surface area contributed by atoms with E-state index in [4.69, 9.17) is 0 Å². The molecule has 7 aromatic carbocycles. The van der Waals surface area contributed by atoms with Crippen molar-refractivity contribution in [1.29, 1.82) is 0 Å². The molecule has 7 aromatic rings. The van der Waals surface area contributed by atoms with Crippen LogP contribution in [-0.2, 0) is 0 Å². The van der Waals surface area contributed by atoms with Gasteiger partial charge in [-0.3, -0.25) is 29.0 Å². The summed E-state index contributed by atoms with van der Waals surface area (Å²) in [5.74, 6) is -1.29. The number of rotatable bonds is 4. The van der Waals surface area contributed by atoms with E-state index in [-0.39, 0.29) is 23.6 Å². The molecule has 9 rings (SSSR count). The number of nitrogens with zero attached hydrogens (tertiary/aromatic N) is 2. The summed E-state index contributed by atoms with van der Waals surface area (Å²) in [5, 5.41) is 6.47. The minimum atomic E-state index is -0.437. The third-order valence-corrected chi connectivity index (χ3v) is 10.0. The fourth-order valence-electron chi connectivity index (χ4n) is 7.77. The molecule has 0 aliphatic carbocycles. The van der Waals surface area contributed by atoms with Crippen molar-refractivity contribution in [3.8, 4) is 0 Å². The third kappa shape index (κ3) is 3.30. The van der Waals surface area contributed by atoms with Crippen molar-refractivity contribution in [3.63, 3.8) is 0 Å². The Balaban J connectivity index is 1.26. The smallest absolute Gasteiger partial charge is 0.261 e. The fourth-order valence-corrected chi connectivity index (χ4v) is 7.77. The summed E-state index contributed by atoms with van der Waals surface area (Å²) in [7, 11) is 0. The van der Waals surface area contributed by atoms with Crippen molar-refractivity contribution in [3.05, 3.63) is 143 Å². The Labute approximate surface area is 263 Å². The number of benzene rings is 7. The van der Waals surface area contributed by atoms with Gasteiger partial charge in [-0.25, -0.2) is 0 Å². The molecule has 2 aliphatic heterocycles. The minimum Gasteiger partial charge on any atom is -0.269 e. The van der Waals surface area contributed by atoms with Crippen LogP contribution in [-0.4, -0.2) is 33.4 Å². The van der Waals surface area contributed by atoms with E-state index in [1.807, 2.05) is 123 Å². The van der Waals surface area contributed by atoms with Crippen LogP contribution in [0.3, 0.4) is 0 Å². The Morgan fingerprint density at radius 3 is 0.935 bits per heavy atom. The number of amides is 4. The molecule has 220 valence electrons. The highest BCUT2D eigenvalue weighted by Gasteiger charge is 2.39. The third-order valence-electron chi connectivity index (χ3n) is 10.0. The van der Waals surface area contributed by atoms with E-state index in [0.29, 0.717) is 33.0 Å². The van der Waals surface area contributed by atoms with Crippen LogP contribution in [0.15, 0.2) is 109 Å². The monoisotopic (exact) mass is 598 g/mol. The summed E-state index contributed by atoms with van der Waals surface area (Å²) in [5.41, 5.74) is 3.72. The molecule has 2 atom stereocenters. The van der Waals surface area contributed by atoms with Crippen molar-refractivity contribution < 1.29 is 19.2 Å². The highest BCUT2D eigenvalue weighted by atomic mass is 16.2. The van der Waals surface area contributed by atoms with Crippen LogP contribution in [0.4, 0.5) is 0 Å². The van der Waals surface area contributed by atoms with E-state index < -0.39 is 12.1 Å². The molecule has 0 N–H and O–H groups in total. The zero-order chi connectivity index (χ0) is 31.4. The number of hydrogen-bond donors (Lipinski definition) is 0. The summed E-state index contributed by atoms with van der Waals surface area (Å²) in [6, 6.07) is 33.2. The zero-order valence-corrected chi connectivity index (χ0v) is 25.1. The molecular formula is C40H26N2O4. The quantitative estimate of drug-likeness (QED) is 0.116. The van der Waals surface area contributed by atoms with Gasteiger partial charge >= 0.3 is 0 Å². The van der Waals surface area contributed by atoms with Crippen LogP contribution >= 0.6 is 0 Å². The summed E-state index contributed by atoms with van der Waals surface area (Å²) < 4.78 is 0. The lowest BCUT2D eigenvalue weighted by molar-refractivity contribution is 0.0534. The average molecular weight is 599 g/mol. The molecule has 0 unspecified atom stereocenters. The standard InChI is InChI=1S/C40H26N2O4/c1-21(23-9-5-3-6-10-23)41-37(43)29-17-13-25-27-15-19-31-36-32(40(46)42(39(31)45)22(2)24-11-7-4-8-12-24)20-16-28(34(27)36)26-14-18-30(38(41)44)35(29)33(25)26/h3-22H,1-2H3/t21-,22-/m1/s1. The summed E-state index contributed by atoms with van der Waals surface area (Å²) in [6.45, 7) is 3.75. The van der Waals surface area contributed by atoms with Gasteiger partial charge in [0.25, 0.3) is 23.6 Å². The molecule has 0 radical (unpaired) electrons. The normalized spacial score (nSPS) is 16.0. The second-order valence-corrected chi connectivity index (χ2v) is 12.3. The Morgan fingerprint density at radius 1 is 0.370 bits per heavy atom. The van der Waals surface area contributed by atoms with Gasteiger partial charge in [0.1, 0.15) is 0 Å². The van der Waals surface area contributed by atoms with Crippen molar-refractivity contribution in [2.24, 2.45) is 0 Å². The highest BCUT2D eigenvalue weighted by molar-refractivity contribution is 6.41. The molecule has 0 aromatic heterocycles. The molecule has 6 nitrogen and oxygen atoms in total. The van der Waals surface area contributed by atoms with E-state index >= 15 is 0 Å². The van der Waals surface area contributed by atoms with E-state index in [2.05, 4.69) is 0 Å². The van der Waals surface area contributed by atoms with Crippen molar-refractivity contribution >= 4 is 66.7 Å². The van der Waals surface area contributed by atoms with Gasteiger partial charge in [0.05, 0.1) is 12.1 Å². The van der Waals surface area contributed by atoms with Gasteiger partial charge in [-0.05, 0) is 81.6 Å². The Bertz CT molecular complexity index is 2190. The summed E-state index contributed by atoms with van der Waals surface area (Å²) in [6.07, 6.45) is 0. The highest BCUT2D eigenvalue weighted by Crippen LogP contribution is 2.47. The first-order chi connectivity index (χ1) is 22.4. The predicted octanol–water partition coefficient (Wildman–Crippen LogP) is 8.45. The van der Waals surface area contributed by atoms with Crippen LogP contribution in [0, 0.1) is 0 Å². The molecule has 46 heavy (non-hydrogen) atoms. The number of carbonyl (C=O) groups excluding carboxylic acids is 4. The van der Waals surface area contributed by atoms with Crippen LogP contribution in [0.2, 0.25) is 0 Å². The Hall–Kier alpha value is -5.88. The van der Waals surface area contributed by atoms with Gasteiger partial charge in [-0.2, -0.15) is 0 Å². The number of hydrogen-bond acceptors (Lipinski definition) is 4. The SMILES string of the molecule is C[C@H](c1ccccc1)N1C(=O)c2ccc3c4ccc5c6c(ccc(c7ccc(c2c37)C1=O)c64)C(=O)N([C@H](C)c1ccccc1)C5=O. The minimum absolute atomic E-state index is 0.322. The van der Waals surface area contributed by atoms with Gasteiger partial charge in [-0.15, -0.1) is 0 Å². The van der Waals surface area contributed by atoms with Crippen molar-refractivity contribution in [2.45, 2.75) is 25.9 Å². The van der Waals surface area contributed by atoms with E-state index in [1.165, 1.54) is 9.80 Å². The molecule has 4 amide bonds. The zero-order valence-electron chi connectivity index (χ0n) is 25.1. The van der Waals surface area contributed by atoms with Gasteiger partial charge in [0.15, 0.2) is 0 Å². The van der Waals surface area contributed by atoms with Crippen LogP contribution < -0.4 is 0 Å². The molecule has 0 saturated carbocycles. The first-order valence-electron chi connectivity index (χ1n) is 15.4. The van der Waals surface area contributed by atoms with E-state index in [0.717, 1.165) is 43.4 Å². The van der Waals surface area contributed by atoms with Gasteiger partial charge < -0.3 is 0 Å². The number of carbonyl (C=O) groups is 4. The van der Waals surface area contributed by atoms with Gasteiger partial charge in [-0.1, -0.05) is 84.9 Å². The molecule has 0 fully saturated rings. The number of fused-ring (bicyclic) bond motifs is 2. The Morgan fingerprint density at radius 2 is 0.652 bits per heavy atom. The maximum Gasteiger partial charge on any atom is 0.261 e. The van der Waals surface area contributed by atoms with Crippen LogP contribution in [0.5, 0.6) is 0 Å². The molecule has 0 spiro atoms. The first-order valence-corrected chi connectivity index (χ1v) is 15.4. The molecule has 2 aliphatic rings. The molecule has 2 heterocycles. The lowest BCUT2D eigenvalue weighted by Gasteiger charge is -2.34. The van der Waals surface area contributed by atoms with E-state index in [1.54, 1.807) is 0 Å². The second-order valence-electron chi connectivity index (χ2n) is 12.3. The lowest BCUT2D eigenvalue weighted by atomic mass is 9.82. The van der Waals surface area contributed by atoms with Crippen LogP contribution in [0.1, 0.15) is 78.5 Å². The topological polar surface area (TPSA) is 74.8 Å². The lowest BCUT2D eigenvalue weighted by Crippen LogP contribution is -2.42. The largest absolute Gasteiger partial charge is 0.269 e. The van der Waals surface area contributed by atoms with Gasteiger partial charge in [0.2, 0.25) is 0 Å². The Kier molecular flexibility index (Phi) is 5.37. The van der Waals surface area contributed by atoms with Gasteiger partial charge in [0, 0.05) is 33.0 Å². The molecule has 0 saturated heterocycles. The average Bonchev–Trinajstić information content (AvgIpc) is 3.09. The molecule has 0 bridgehead atoms. The van der Waals surface area contributed by atoms with Crippen molar-refractivity contribution in [2.75, 3.05) is 0 Å². The van der Waals surface area contributed by atoms with Crippen LogP contribution in [0.25, 0.3) is 43.1 Å². The summed E-state index contributed by atoms with van der Waals surface area (Å²) >= 11 is 0. The maximum atomic E-state index is 14.0. The van der Waals surface area contributed by atoms with Crippen molar-refractivity contribution in [1.82, 2.24) is 9.80 Å². The summed E-state index contributed by atoms with van der Waals surface area (Å²) in [4.78, 5) is 58.8. The first kappa shape index (κ1) is 26.5. The van der Waals surface area contributed by atoms with E-state index in [9.17, 15) is 19.2 Å². The molecule has 6 heteroatoms.